The van der Waals surface area contributed by atoms with E-state index in [0.717, 1.165) is 46.8 Å². The Kier molecular flexibility index (Phi) is 2.60. The molecule has 1 saturated heterocycles. The van der Waals surface area contributed by atoms with E-state index >= 15 is 0 Å². The number of nitrogens with zero attached hydrogens (tertiary/aromatic N) is 3. The Labute approximate surface area is 121 Å². The molecule has 0 radical (unpaired) electrons. The van der Waals surface area contributed by atoms with Crippen molar-refractivity contribution in [3.63, 3.8) is 0 Å². The fourth-order valence-corrected chi connectivity index (χ4v) is 3.03. The van der Waals surface area contributed by atoms with Gasteiger partial charge in [0.05, 0.1) is 0 Å². The molecule has 102 valence electrons. The van der Waals surface area contributed by atoms with Crippen molar-refractivity contribution in [3.8, 4) is 0 Å². The van der Waals surface area contributed by atoms with Crippen LogP contribution in [0.4, 0.5) is 5.82 Å². The summed E-state index contributed by atoms with van der Waals surface area (Å²) >= 11 is 6.09. The first kappa shape index (κ1) is 12.0. The molecular formula is C15H14ClN3O. The van der Waals surface area contributed by atoms with Crippen LogP contribution in [0.15, 0.2) is 22.6 Å². The summed E-state index contributed by atoms with van der Waals surface area (Å²) < 4.78 is 5.98. The number of aromatic nitrogens is 2. The van der Waals surface area contributed by atoms with Gasteiger partial charge in [-0.05, 0) is 38.0 Å². The monoisotopic (exact) mass is 287 g/mol. The Balaban J connectivity index is 2.06. The van der Waals surface area contributed by atoms with Gasteiger partial charge in [-0.2, -0.15) is 0 Å². The molecule has 3 heterocycles. The highest BCUT2D eigenvalue weighted by Crippen LogP contribution is 2.35. The summed E-state index contributed by atoms with van der Waals surface area (Å²) in [4.78, 5) is 11.4. The van der Waals surface area contributed by atoms with Crippen molar-refractivity contribution in [2.24, 2.45) is 0 Å². The summed E-state index contributed by atoms with van der Waals surface area (Å²) in [6, 6.07) is 5.63. The highest BCUT2D eigenvalue weighted by Gasteiger charge is 2.21. The smallest absolute Gasteiger partial charge is 0.196 e. The normalized spacial score (nSPS) is 15.6. The minimum atomic E-state index is 0.694. The lowest BCUT2D eigenvalue weighted by atomic mass is 10.2. The Morgan fingerprint density at radius 2 is 2.00 bits per heavy atom. The number of benzene rings is 1. The van der Waals surface area contributed by atoms with Crippen LogP contribution in [-0.4, -0.2) is 23.1 Å². The first-order valence-electron chi connectivity index (χ1n) is 6.84. The molecule has 3 aromatic rings. The van der Waals surface area contributed by atoms with Gasteiger partial charge in [0, 0.05) is 23.5 Å². The second-order valence-corrected chi connectivity index (χ2v) is 5.65. The van der Waals surface area contributed by atoms with Gasteiger partial charge in [0.15, 0.2) is 11.4 Å². The molecule has 0 saturated carbocycles. The van der Waals surface area contributed by atoms with E-state index in [2.05, 4.69) is 14.9 Å². The van der Waals surface area contributed by atoms with E-state index in [0.29, 0.717) is 5.02 Å². The Morgan fingerprint density at radius 1 is 1.20 bits per heavy atom. The fourth-order valence-electron chi connectivity index (χ4n) is 2.85. The SMILES string of the molecule is Cc1nc(N2CCCC2)c2oc3ccc(Cl)cc3c2n1. The molecule has 5 heteroatoms. The predicted molar refractivity (Wildman–Crippen MR) is 80.5 cm³/mol. The van der Waals surface area contributed by atoms with Crippen LogP contribution in [-0.2, 0) is 0 Å². The van der Waals surface area contributed by atoms with Gasteiger partial charge < -0.3 is 9.32 Å². The van der Waals surface area contributed by atoms with E-state index in [1.54, 1.807) is 0 Å². The zero-order valence-corrected chi connectivity index (χ0v) is 11.9. The van der Waals surface area contributed by atoms with Gasteiger partial charge in [-0.3, -0.25) is 0 Å². The Morgan fingerprint density at radius 3 is 2.80 bits per heavy atom. The van der Waals surface area contributed by atoms with Gasteiger partial charge in [0.1, 0.15) is 16.9 Å². The lowest BCUT2D eigenvalue weighted by Crippen LogP contribution is -2.19. The summed E-state index contributed by atoms with van der Waals surface area (Å²) in [5, 5.41) is 1.65. The second kappa shape index (κ2) is 4.35. The van der Waals surface area contributed by atoms with Crippen molar-refractivity contribution in [1.82, 2.24) is 9.97 Å². The zero-order valence-electron chi connectivity index (χ0n) is 11.2. The van der Waals surface area contributed by atoms with Crippen molar-refractivity contribution in [2.45, 2.75) is 19.8 Å². The van der Waals surface area contributed by atoms with E-state index in [1.165, 1.54) is 12.8 Å². The molecule has 0 atom stereocenters. The molecule has 1 aliphatic rings. The van der Waals surface area contributed by atoms with Gasteiger partial charge in [0.2, 0.25) is 0 Å². The number of halogens is 1. The lowest BCUT2D eigenvalue weighted by Gasteiger charge is -2.16. The maximum atomic E-state index is 6.09. The minimum Gasteiger partial charge on any atom is -0.450 e. The third kappa shape index (κ3) is 1.75. The average molecular weight is 288 g/mol. The van der Waals surface area contributed by atoms with Crippen molar-refractivity contribution in [3.05, 3.63) is 29.0 Å². The van der Waals surface area contributed by atoms with Gasteiger partial charge in [-0.25, -0.2) is 9.97 Å². The maximum absolute atomic E-state index is 6.09. The van der Waals surface area contributed by atoms with Gasteiger partial charge in [0.25, 0.3) is 0 Å². The first-order valence-corrected chi connectivity index (χ1v) is 7.21. The lowest BCUT2D eigenvalue weighted by molar-refractivity contribution is 0.662. The molecule has 0 unspecified atom stereocenters. The molecule has 1 aliphatic heterocycles. The average Bonchev–Trinajstić information content (AvgIpc) is 3.05. The van der Waals surface area contributed by atoms with Crippen LogP contribution < -0.4 is 4.90 Å². The highest BCUT2D eigenvalue weighted by molar-refractivity contribution is 6.31. The van der Waals surface area contributed by atoms with Gasteiger partial charge in [-0.15, -0.1) is 0 Å². The van der Waals surface area contributed by atoms with E-state index in [-0.39, 0.29) is 0 Å². The van der Waals surface area contributed by atoms with E-state index in [1.807, 2.05) is 25.1 Å². The summed E-state index contributed by atoms with van der Waals surface area (Å²) in [7, 11) is 0. The molecule has 0 bridgehead atoms. The van der Waals surface area contributed by atoms with Crippen molar-refractivity contribution >= 4 is 39.5 Å². The molecule has 0 amide bonds. The number of hydrogen-bond acceptors (Lipinski definition) is 4. The summed E-state index contributed by atoms with van der Waals surface area (Å²) in [6.07, 6.45) is 2.41. The fraction of sp³-hybridized carbons (Fsp3) is 0.333. The molecule has 0 spiro atoms. The van der Waals surface area contributed by atoms with Gasteiger partial charge >= 0.3 is 0 Å². The molecule has 4 rings (SSSR count). The third-order valence-corrected chi connectivity index (χ3v) is 4.01. The first-order chi connectivity index (χ1) is 9.72. The van der Waals surface area contributed by atoms with Crippen LogP contribution in [0, 0.1) is 6.92 Å². The van der Waals surface area contributed by atoms with Crippen LogP contribution in [0.5, 0.6) is 0 Å². The van der Waals surface area contributed by atoms with Crippen molar-refractivity contribution < 1.29 is 4.42 Å². The molecule has 0 aliphatic carbocycles. The Bertz CT molecular complexity index is 806. The number of hydrogen-bond donors (Lipinski definition) is 0. The van der Waals surface area contributed by atoms with E-state index in [9.17, 15) is 0 Å². The van der Waals surface area contributed by atoms with Crippen LogP contribution in [0.2, 0.25) is 5.02 Å². The molecular weight excluding hydrogens is 274 g/mol. The number of aryl methyl sites for hydroxylation is 1. The van der Waals surface area contributed by atoms with Gasteiger partial charge in [-0.1, -0.05) is 11.6 Å². The van der Waals surface area contributed by atoms with Crippen LogP contribution in [0.3, 0.4) is 0 Å². The molecule has 2 aromatic heterocycles. The van der Waals surface area contributed by atoms with E-state index in [4.69, 9.17) is 16.0 Å². The summed E-state index contributed by atoms with van der Waals surface area (Å²) in [6.45, 7) is 3.98. The largest absolute Gasteiger partial charge is 0.450 e. The number of anilines is 1. The number of rotatable bonds is 1. The van der Waals surface area contributed by atoms with E-state index < -0.39 is 0 Å². The highest BCUT2D eigenvalue weighted by atomic mass is 35.5. The van der Waals surface area contributed by atoms with Crippen LogP contribution in [0.25, 0.3) is 22.1 Å². The molecule has 1 aromatic carbocycles. The molecule has 4 nitrogen and oxygen atoms in total. The quantitative estimate of drug-likeness (QED) is 0.680. The van der Waals surface area contributed by atoms with Crippen LogP contribution in [0.1, 0.15) is 18.7 Å². The summed E-state index contributed by atoms with van der Waals surface area (Å²) in [5.41, 5.74) is 2.44. The van der Waals surface area contributed by atoms with Crippen molar-refractivity contribution in [1.29, 1.82) is 0 Å². The van der Waals surface area contributed by atoms with Crippen LogP contribution >= 0.6 is 11.6 Å². The molecule has 0 N–H and O–H groups in total. The minimum absolute atomic E-state index is 0.694. The number of furan rings is 1. The maximum Gasteiger partial charge on any atom is 0.196 e. The summed E-state index contributed by atoms with van der Waals surface area (Å²) in [5.74, 6) is 1.68. The number of fused-ring (bicyclic) bond motifs is 3. The second-order valence-electron chi connectivity index (χ2n) is 5.21. The Hall–Kier alpha value is -1.81. The zero-order chi connectivity index (χ0) is 13.7. The third-order valence-electron chi connectivity index (χ3n) is 3.77. The predicted octanol–water partition coefficient (Wildman–Crippen LogP) is 3.94. The standard InChI is InChI=1S/C15H14ClN3O/c1-9-17-13-11-8-10(16)4-5-12(11)20-14(13)15(18-9)19-6-2-3-7-19/h4-5,8H,2-3,6-7H2,1H3. The topological polar surface area (TPSA) is 42.2 Å². The molecule has 20 heavy (non-hydrogen) atoms. The molecule has 1 fully saturated rings. The van der Waals surface area contributed by atoms with Crippen molar-refractivity contribution in [2.75, 3.05) is 18.0 Å².